The van der Waals surface area contributed by atoms with E-state index in [9.17, 15) is 14.0 Å². The molecule has 0 aliphatic heterocycles. The van der Waals surface area contributed by atoms with Crippen LogP contribution in [0.1, 0.15) is 30.6 Å². The summed E-state index contributed by atoms with van der Waals surface area (Å²) in [6, 6.07) is 3.14. The van der Waals surface area contributed by atoms with Gasteiger partial charge in [-0.15, -0.1) is 0 Å². The molecule has 0 aliphatic carbocycles. The molecule has 1 atom stereocenters. The Hall–Kier alpha value is -1.95. The van der Waals surface area contributed by atoms with Crippen LogP contribution in [0, 0.1) is 17.7 Å². The summed E-state index contributed by atoms with van der Waals surface area (Å²) in [4.78, 5) is 23.1. The first-order chi connectivity index (χ1) is 9.35. The molecule has 6 heteroatoms. The molecule has 0 fully saturated rings. The van der Waals surface area contributed by atoms with E-state index in [1.807, 2.05) is 13.8 Å². The van der Waals surface area contributed by atoms with E-state index in [4.69, 9.17) is 10.8 Å². The minimum atomic E-state index is -1.23. The molecular formula is C14H19FN2O3. The van der Waals surface area contributed by atoms with Gasteiger partial charge < -0.3 is 16.2 Å². The molecule has 20 heavy (non-hydrogen) atoms. The van der Waals surface area contributed by atoms with Gasteiger partial charge >= 0.3 is 5.97 Å². The summed E-state index contributed by atoms with van der Waals surface area (Å²) in [6.07, 6.45) is 0.583. The van der Waals surface area contributed by atoms with Crippen LogP contribution in [0.4, 0.5) is 10.1 Å². The molecule has 0 spiro atoms. The maximum absolute atomic E-state index is 13.2. The van der Waals surface area contributed by atoms with Crippen LogP contribution in [0.5, 0.6) is 0 Å². The number of hydrogen-bond acceptors (Lipinski definition) is 3. The molecule has 4 N–H and O–H groups in total. The van der Waals surface area contributed by atoms with Crippen molar-refractivity contribution in [2.24, 2.45) is 17.6 Å². The van der Waals surface area contributed by atoms with Crippen molar-refractivity contribution in [2.45, 2.75) is 20.3 Å². The van der Waals surface area contributed by atoms with Crippen LogP contribution < -0.4 is 11.1 Å². The van der Waals surface area contributed by atoms with E-state index in [1.54, 1.807) is 0 Å². The van der Waals surface area contributed by atoms with Crippen molar-refractivity contribution in [1.29, 1.82) is 0 Å². The van der Waals surface area contributed by atoms with Crippen LogP contribution in [-0.2, 0) is 4.79 Å². The van der Waals surface area contributed by atoms with Gasteiger partial charge in [-0.3, -0.25) is 4.79 Å². The van der Waals surface area contributed by atoms with Crippen molar-refractivity contribution in [3.05, 3.63) is 29.6 Å². The summed E-state index contributed by atoms with van der Waals surface area (Å²) in [7, 11) is 0. The minimum Gasteiger partial charge on any atom is -0.478 e. The normalized spacial score (nSPS) is 12.2. The van der Waals surface area contributed by atoms with E-state index in [0.29, 0.717) is 6.42 Å². The summed E-state index contributed by atoms with van der Waals surface area (Å²) < 4.78 is 13.2. The lowest BCUT2D eigenvalue weighted by Crippen LogP contribution is -2.31. The lowest BCUT2D eigenvalue weighted by atomic mass is 9.96. The number of amides is 1. The van der Waals surface area contributed by atoms with Crippen LogP contribution >= 0.6 is 0 Å². The second-order valence-corrected chi connectivity index (χ2v) is 5.05. The molecule has 0 radical (unpaired) electrons. The van der Waals surface area contributed by atoms with Crippen LogP contribution in [0.25, 0.3) is 0 Å². The van der Waals surface area contributed by atoms with Gasteiger partial charge in [0.25, 0.3) is 0 Å². The van der Waals surface area contributed by atoms with Crippen molar-refractivity contribution >= 4 is 17.6 Å². The van der Waals surface area contributed by atoms with E-state index < -0.39 is 23.6 Å². The Bertz CT molecular complexity index is 503. The Morgan fingerprint density at radius 1 is 1.40 bits per heavy atom. The summed E-state index contributed by atoms with van der Waals surface area (Å²) in [5.41, 5.74) is 5.35. The first-order valence-electron chi connectivity index (χ1n) is 6.39. The Labute approximate surface area is 117 Å². The number of anilines is 1. The van der Waals surface area contributed by atoms with Crippen LogP contribution in [0.3, 0.4) is 0 Å². The average molecular weight is 282 g/mol. The first-order valence-corrected chi connectivity index (χ1v) is 6.39. The fourth-order valence-electron chi connectivity index (χ4n) is 1.92. The van der Waals surface area contributed by atoms with E-state index in [2.05, 4.69) is 5.32 Å². The van der Waals surface area contributed by atoms with Crippen molar-refractivity contribution in [2.75, 3.05) is 11.9 Å². The van der Waals surface area contributed by atoms with Gasteiger partial charge in [0, 0.05) is 6.54 Å². The lowest BCUT2D eigenvalue weighted by Gasteiger charge is -2.17. The van der Waals surface area contributed by atoms with Crippen molar-refractivity contribution in [1.82, 2.24) is 0 Å². The molecule has 1 aromatic rings. The number of aromatic carboxylic acids is 1. The predicted octanol–water partition coefficient (Wildman–Crippen LogP) is 2.08. The Morgan fingerprint density at radius 2 is 2.05 bits per heavy atom. The van der Waals surface area contributed by atoms with E-state index >= 15 is 0 Å². The number of carbonyl (C=O) groups is 2. The van der Waals surface area contributed by atoms with Crippen LogP contribution in [-0.4, -0.2) is 23.5 Å². The zero-order chi connectivity index (χ0) is 15.3. The Balaban J connectivity index is 2.94. The van der Waals surface area contributed by atoms with Gasteiger partial charge in [0.2, 0.25) is 5.91 Å². The highest BCUT2D eigenvalue weighted by atomic mass is 19.1. The van der Waals surface area contributed by atoms with E-state index in [0.717, 1.165) is 18.2 Å². The number of benzene rings is 1. The molecule has 1 amide bonds. The molecule has 110 valence electrons. The Morgan fingerprint density at radius 3 is 2.55 bits per heavy atom. The topological polar surface area (TPSA) is 92.4 Å². The molecule has 0 aromatic heterocycles. The van der Waals surface area contributed by atoms with Gasteiger partial charge in [-0.1, -0.05) is 13.8 Å². The second kappa shape index (κ2) is 7.00. The summed E-state index contributed by atoms with van der Waals surface area (Å²) in [5, 5.41) is 11.5. The van der Waals surface area contributed by atoms with Crippen molar-refractivity contribution in [3.63, 3.8) is 0 Å². The number of carboxylic acids is 1. The third-order valence-corrected chi connectivity index (χ3v) is 2.88. The SMILES string of the molecule is CC(C)CC(CN)C(=O)Nc1cc(F)ccc1C(=O)O. The van der Waals surface area contributed by atoms with E-state index in [1.165, 1.54) is 0 Å². The number of carbonyl (C=O) groups excluding carboxylic acids is 1. The summed E-state index contributed by atoms with van der Waals surface area (Å²) in [6.45, 7) is 4.07. The van der Waals surface area contributed by atoms with E-state index in [-0.39, 0.29) is 23.7 Å². The molecule has 5 nitrogen and oxygen atoms in total. The van der Waals surface area contributed by atoms with Gasteiger partial charge in [0.1, 0.15) is 5.82 Å². The van der Waals surface area contributed by atoms with Gasteiger partial charge in [-0.05, 0) is 30.5 Å². The van der Waals surface area contributed by atoms with Crippen LogP contribution in [0.15, 0.2) is 18.2 Å². The quantitative estimate of drug-likeness (QED) is 0.744. The fraction of sp³-hybridized carbons (Fsp3) is 0.429. The third-order valence-electron chi connectivity index (χ3n) is 2.88. The molecule has 0 saturated heterocycles. The summed E-state index contributed by atoms with van der Waals surface area (Å²) in [5.74, 6) is -2.39. The molecule has 0 heterocycles. The predicted molar refractivity (Wildman–Crippen MR) is 74.0 cm³/mol. The minimum absolute atomic E-state index is 0.0512. The number of rotatable bonds is 6. The van der Waals surface area contributed by atoms with Gasteiger partial charge in [0.15, 0.2) is 0 Å². The maximum Gasteiger partial charge on any atom is 0.337 e. The number of nitrogens with one attached hydrogen (secondary N) is 1. The highest BCUT2D eigenvalue weighted by Crippen LogP contribution is 2.20. The first kappa shape index (κ1) is 16.1. The number of hydrogen-bond donors (Lipinski definition) is 3. The molecule has 0 aliphatic rings. The smallest absolute Gasteiger partial charge is 0.337 e. The van der Waals surface area contributed by atoms with Crippen LogP contribution in [0.2, 0.25) is 0 Å². The molecule has 1 unspecified atom stereocenters. The standard InChI is InChI=1S/C14H19FN2O3/c1-8(2)5-9(7-16)13(18)17-12-6-10(15)3-4-11(12)14(19)20/h3-4,6,8-9H,5,7,16H2,1-2H3,(H,17,18)(H,19,20). The van der Waals surface area contributed by atoms with Crippen molar-refractivity contribution in [3.8, 4) is 0 Å². The Kier molecular flexibility index (Phi) is 5.64. The number of nitrogens with two attached hydrogens (primary N) is 1. The fourth-order valence-corrected chi connectivity index (χ4v) is 1.92. The molecule has 1 rings (SSSR count). The van der Waals surface area contributed by atoms with Crippen molar-refractivity contribution < 1.29 is 19.1 Å². The lowest BCUT2D eigenvalue weighted by molar-refractivity contribution is -0.120. The third kappa shape index (κ3) is 4.31. The molecular weight excluding hydrogens is 263 g/mol. The summed E-state index contributed by atoms with van der Waals surface area (Å²) >= 11 is 0. The van der Waals surface area contributed by atoms with Gasteiger partial charge in [-0.2, -0.15) is 0 Å². The maximum atomic E-state index is 13.2. The average Bonchev–Trinajstić information content (AvgIpc) is 2.35. The molecule has 1 aromatic carbocycles. The van der Waals surface area contributed by atoms with Gasteiger partial charge in [-0.25, -0.2) is 9.18 Å². The zero-order valence-electron chi connectivity index (χ0n) is 11.5. The monoisotopic (exact) mass is 282 g/mol. The number of halogens is 1. The highest BCUT2D eigenvalue weighted by molar-refractivity contribution is 6.01. The number of carboxylic acid groups (broad SMARTS) is 1. The largest absolute Gasteiger partial charge is 0.478 e. The molecule has 0 saturated carbocycles. The zero-order valence-corrected chi connectivity index (χ0v) is 11.5. The van der Waals surface area contributed by atoms with Gasteiger partial charge in [0.05, 0.1) is 17.2 Å². The molecule has 0 bridgehead atoms. The second-order valence-electron chi connectivity index (χ2n) is 5.05. The highest BCUT2D eigenvalue weighted by Gasteiger charge is 2.20.